The summed E-state index contributed by atoms with van der Waals surface area (Å²) >= 11 is 11.9. The molecule has 1 heterocycles. The molecule has 0 unspecified atom stereocenters. The van der Waals surface area contributed by atoms with Crippen LogP contribution in [0.3, 0.4) is 0 Å². The molecule has 2 aromatic rings. The molecule has 0 atom stereocenters. The number of hydrogen-bond donors (Lipinski definition) is 0. The van der Waals surface area contributed by atoms with Crippen LogP contribution >= 0.6 is 23.2 Å². The van der Waals surface area contributed by atoms with Gasteiger partial charge in [-0.05, 0) is 19.9 Å². The van der Waals surface area contributed by atoms with E-state index in [1.165, 1.54) is 0 Å². The lowest BCUT2D eigenvalue weighted by atomic mass is 10.2. The molecule has 1 aromatic carbocycles. The van der Waals surface area contributed by atoms with Crippen LogP contribution in [0.25, 0.3) is 10.9 Å². The lowest BCUT2D eigenvalue weighted by Crippen LogP contribution is -2.00. The molecule has 0 aliphatic rings. The van der Waals surface area contributed by atoms with Gasteiger partial charge in [0.05, 0.1) is 24.6 Å². The maximum absolute atomic E-state index is 6.14. The van der Waals surface area contributed by atoms with Crippen molar-refractivity contribution in [1.29, 1.82) is 0 Å². The summed E-state index contributed by atoms with van der Waals surface area (Å²) in [5, 5.41) is 1.09. The predicted octanol–water partition coefficient (Wildman–Crippen LogP) is 3.82. The van der Waals surface area contributed by atoms with Gasteiger partial charge in [0.25, 0.3) is 0 Å². The van der Waals surface area contributed by atoms with Crippen molar-refractivity contribution >= 4 is 34.1 Å². The second kappa shape index (κ2) is 6.26. The first-order valence-electron chi connectivity index (χ1n) is 6.01. The first-order valence-corrected chi connectivity index (χ1v) is 6.92. The third-order valence-corrected chi connectivity index (χ3v) is 3.01. The van der Waals surface area contributed by atoms with Gasteiger partial charge in [-0.1, -0.05) is 11.6 Å². The van der Waals surface area contributed by atoms with Crippen molar-refractivity contribution < 1.29 is 9.47 Å². The standard InChI is InChI=1S/C13H14Cl2N2O2/c1-3-18-10-5-8-9(6-11(10)19-4-2)16-12(7-14)17-13(8)15/h5-6H,3-4,7H2,1-2H3. The summed E-state index contributed by atoms with van der Waals surface area (Å²) in [6.07, 6.45) is 0. The average Bonchev–Trinajstić information content (AvgIpc) is 2.40. The molecule has 0 spiro atoms. The van der Waals surface area contributed by atoms with E-state index in [9.17, 15) is 0 Å². The zero-order valence-electron chi connectivity index (χ0n) is 10.7. The molecular formula is C13H14Cl2N2O2. The van der Waals surface area contributed by atoms with E-state index < -0.39 is 0 Å². The SMILES string of the molecule is CCOc1cc2nc(CCl)nc(Cl)c2cc1OCC. The molecule has 0 N–H and O–H groups in total. The van der Waals surface area contributed by atoms with Crippen molar-refractivity contribution in [1.82, 2.24) is 9.97 Å². The minimum atomic E-state index is 0.215. The van der Waals surface area contributed by atoms with Gasteiger partial charge in [0.1, 0.15) is 11.0 Å². The van der Waals surface area contributed by atoms with Crippen LogP contribution in [-0.4, -0.2) is 23.2 Å². The van der Waals surface area contributed by atoms with Crippen LogP contribution in [0.2, 0.25) is 5.15 Å². The molecule has 0 aliphatic carbocycles. The minimum absolute atomic E-state index is 0.215. The summed E-state index contributed by atoms with van der Waals surface area (Å²) < 4.78 is 11.1. The Labute approximate surface area is 121 Å². The van der Waals surface area contributed by atoms with Crippen LogP contribution in [0.15, 0.2) is 12.1 Å². The highest BCUT2D eigenvalue weighted by Gasteiger charge is 2.12. The molecule has 0 saturated carbocycles. The summed E-state index contributed by atoms with van der Waals surface area (Å²) in [6.45, 7) is 4.92. The van der Waals surface area contributed by atoms with Gasteiger partial charge in [-0.3, -0.25) is 0 Å². The number of alkyl halides is 1. The number of fused-ring (bicyclic) bond motifs is 1. The van der Waals surface area contributed by atoms with Crippen LogP contribution in [0.1, 0.15) is 19.7 Å². The molecule has 19 heavy (non-hydrogen) atoms. The monoisotopic (exact) mass is 300 g/mol. The molecule has 0 radical (unpaired) electrons. The Hall–Kier alpha value is -1.26. The minimum Gasteiger partial charge on any atom is -0.490 e. The van der Waals surface area contributed by atoms with Crippen LogP contribution < -0.4 is 9.47 Å². The predicted molar refractivity (Wildman–Crippen MR) is 76.4 cm³/mol. The fraction of sp³-hybridized carbons (Fsp3) is 0.385. The van der Waals surface area contributed by atoms with Gasteiger partial charge in [-0.15, -0.1) is 11.6 Å². The number of hydrogen-bond acceptors (Lipinski definition) is 4. The molecule has 1 aromatic heterocycles. The summed E-state index contributed by atoms with van der Waals surface area (Å²) in [7, 11) is 0. The Bertz CT molecular complexity index is 590. The van der Waals surface area contributed by atoms with Crippen LogP contribution in [-0.2, 0) is 5.88 Å². The van der Waals surface area contributed by atoms with E-state index in [1.807, 2.05) is 13.8 Å². The average molecular weight is 301 g/mol. The number of aromatic nitrogens is 2. The summed E-state index contributed by atoms with van der Waals surface area (Å²) in [5.74, 6) is 1.99. The summed E-state index contributed by atoms with van der Waals surface area (Å²) in [5.41, 5.74) is 0.697. The zero-order valence-corrected chi connectivity index (χ0v) is 12.3. The number of nitrogens with zero attached hydrogens (tertiary/aromatic N) is 2. The number of ether oxygens (including phenoxy) is 2. The van der Waals surface area contributed by atoms with Crippen molar-refractivity contribution in [2.24, 2.45) is 0 Å². The van der Waals surface area contributed by atoms with E-state index in [2.05, 4.69) is 9.97 Å². The van der Waals surface area contributed by atoms with Crippen LogP contribution in [0.4, 0.5) is 0 Å². The molecule has 0 bridgehead atoms. The quantitative estimate of drug-likeness (QED) is 0.622. The second-order valence-corrected chi connectivity index (χ2v) is 4.37. The molecule has 0 saturated heterocycles. The summed E-state index contributed by atoms with van der Waals surface area (Å²) in [6, 6.07) is 3.59. The lowest BCUT2D eigenvalue weighted by molar-refractivity contribution is 0.288. The van der Waals surface area contributed by atoms with E-state index in [0.717, 1.165) is 5.39 Å². The topological polar surface area (TPSA) is 44.2 Å². The zero-order chi connectivity index (χ0) is 13.8. The van der Waals surface area contributed by atoms with Crippen molar-refractivity contribution in [3.63, 3.8) is 0 Å². The van der Waals surface area contributed by atoms with Gasteiger partial charge in [0.2, 0.25) is 0 Å². The third-order valence-electron chi connectivity index (χ3n) is 2.48. The van der Waals surface area contributed by atoms with E-state index in [0.29, 0.717) is 41.2 Å². The van der Waals surface area contributed by atoms with Crippen molar-refractivity contribution in [2.45, 2.75) is 19.7 Å². The van der Waals surface area contributed by atoms with Crippen LogP contribution in [0.5, 0.6) is 11.5 Å². The van der Waals surface area contributed by atoms with Crippen molar-refractivity contribution in [3.05, 3.63) is 23.1 Å². The highest BCUT2D eigenvalue weighted by molar-refractivity contribution is 6.34. The fourth-order valence-corrected chi connectivity index (χ4v) is 2.11. The molecular weight excluding hydrogens is 287 g/mol. The normalized spacial score (nSPS) is 10.7. The number of halogens is 2. The van der Waals surface area contributed by atoms with E-state index in [4.69, 9.17) is 32.7 Å². The Morgan fingerprint density at radius 2 is 1.68 bits per heavy atom. The molecule has 102 valence electrons. The molecule has 0 aliphatic heterocycles. The van der Waals surface area contributed by atoms with Gasteiger partial charge < -0.3 is 9.47 Å². The maximum atomic E-state index is 6.14. The first-order chi connectivity index (χ1) is 9.19. The van der Waals surface area contributed by atoms with Crippen molar-refractivity contribution in [2.75, 3.05) is 13.2 Å². The Morgan fingerprint density at radius 3 is 2.26 bits per heavy atom. The van der Waals surface area contributed by atoms with Gasteiger partial charge in [-0.25, -0.2) is 9.97 Å². The van der Waals surface area contributed by atoms with Crippen molar-refractivity contribution in [3.8, 4) is 11.5 Å². The Morgan fingerprint density at radius 1 is 1.05 bits per heavy atom. The van der Waals surface area contributed by atoms with E-state index >= 15 is 0 Å². The smallest absolute Gasteiger partial charge is 0.163 e. The van der Waals surface area contributed by atoms with E-state index in [1.54, 1.807) is 12.1 Å². The fourth-order valence-electron chi connectivity index (χ4n) is 1.74. The molecule has 4 nitrogen and oxygen atoms in total. The maximum Gasteiger partial charge on any atom is 0.163 e. The Kier molecular flexibility index (Phi) is 4.66. The van der Waals surface area contributed by atoms with Gasteiger partial charge in [0, 0.05) is 11.5 Å². The molecule has 2 rings (SSSR count). The third kappa shape index (κ3) is 3.01. The lowest BCUT2D eigenvalue weighted by Gasteiger charge is -2.12. The van der Waals surface area contributed by atoms with Gasteiger partial charge >= 0.3 is 0 Å². The van der Waals surface area contributed by atoms with Gasteiger partial charge in [0.15, 0.2) is 11.5 Å². The molecule has 0 amide bonds. The Balaban J connectivity index is 2.62. The highest BCUT2D eigenvalue weighted by atomic mass is 35.5. The van der Waals surface area contributed by atoms with Gasteiger partial charge in [-0.2, -0.15) is 0 Å². The number of rotatable bonds is 5. The number of benzene rings is 1. The second-order valence-electron chi connectivity index (χ2n) is 3.75. The first kappa shape index (κ1) is 14.2. The summed E-state index contributed by atoms with van der Waals surface area (Å²) in [4.78, 5) is 8.46. The highest BCUT2D eigenvalue weighted by Crippen LogP contribution is 2.34. The molecule has 0 fully saturated rings. The molecule has 6 heteroatoms. The largest absolute Gasteiger partial charge is 0.490 e. The van der Waals surface area contributed by atoms with E-state index in [-0.39, 0.29) is 5.88 Å². The van der Waals surface area contributed by atoms with Crippen LogP contribution in [0, 0.1) is 0 Å².